The summed E-state index contributed by atoms with van der Waals surface area (Å²) in [6.07, 6.45) is 3.25. The SMILES string of the molecule is COc1ncc(-c2ccnc3cc(F)c(O[C@H]4CCN(C(=O)OC(C)(C)C)C4)cc23)cc1C. The van der Waals surface area contributed by atoms with Crippen LogP contribution in [0.4, 0.5) is 9.18 Å². The molecule has 3 heterocycles. The van der Waals surface area contributed by atoms with Gasteiger partial charge in [-0.05, 0) is 51.5 Å². The first-order valence-corrected chi connectivity index (χ1v) is 10.9. The van der Waals surface area contributed by atoms with E-state index < -0.39 is 11.4 Å². The van der Waals surface area contributed by atoms with Crippen LogP contribution in [0, 0.1) is 12.7 Å². The molecule has 8 heteroatoms. The molecule has 174 valence electrons. The van der Waals surface area contributed by atoms with Crippen molar-refractivity contribution in [3.63, 3.8) is 0 Å². The van der Waals surface area contributed by atoms with Crippen molar-refractivity contribution in [1.29, 1.82) is 0 Å². The van der Waals surface area contributed by atoms with Gasteiger partial charge in [0.05, 0.1) is 19.2 Å². The molecule has 0 aliphatic carbocycles. The van der Waals surface area contributed by atoms with Crippen LogP contribution in [0.1, 0.15) is 32.8 Å². The van der Waals surface area contributed by atoms with Crippen molar-refractivity contribution in [2.45, 2.75) is 45.8 Å². The predicted octanol–water partition coefficient (Wildman–Crippen LogP) is 5.14. The van der Waals surface area contributed by atoms with E-state index in [0.717, 1.165) is 22.1 Å². The number of ether oxygens (including phenoxy) is 3. The quantitative estimate of drug-likeness (QED) is 0.545. The summed E-state index contributed by atoms with van der Waals surface area (Å²) >= 11 is 0. The number of hydrogen-bond donors (Lipinski definition) is 0. The Labute approximate surface area is 192 Å². The number of aromatic nitrogens is 2. The lowest BCUT2D eigenvalue weighted by molar-refractivity contribution is 0.0275. The molecule has 0 bridgehead atoms. The molecule has 33 heavy (non-hydrogen) atoms. The van der Waals surface area contributed by atoms with Crippen molar-refractivity contribution in [2.24, 2.45) is 0 Å². The van der Waals surface area contributed by atoms with Crippen LogP contribution in [-0.4, -0.2) is 52.9 Å². The molecule has 2 aromatic heterocycles. The molecular weight excluding hydrogens is 425 g/mol. The third-order valence-corrected chi connectivity index (χ3v) is 5.42. The van der Waals surface area contributed by atoms with Crippen molar-refractivity contribution < 1.29 is 23.4 Å². The second-order valence-corrected chi connectivity index (χ2v) is 9.16. The zero-order valence-corrected chi connectivity index (χ0v) is 19.5. The Kier molecular flexibility index (Phi) is 6.10. The van der Waals surface area contributed by atoms with Gasteiger partial charge in [0.2, 0.25) is 5.88 Å². The summed E-state index contributed by atoms with van der Waals surface area (Å²) in [6, 6.07) is 6.88. The van der Waals surface area contributed by atoms with Crippen LogP contribution in [0.3, 0.4) is 0 Å². The van der Waals surface area contributed by atoms with Crippen molar-refractivity contribution >= 4 is 17.0 Å². The highest BCUT2D eigenvalue weighted by Gasteiger charge is 2.31. The molecule has 1 aliphatic rings. The monoisotopic (exact) mass is 453 g/mol. The molecule has 3 aromatic rings. The summed E-state index contributed by atoms with van der Waals surface area (Å²) in [5.74, 6) is 0.195. The second-order valence-electron chi connectivity index (χ2n) is 9.16. The number of fused-ring (bicyclic) bond motifs is 1. The lowest BCUT2D eigenvalue weighted by Gasteiger charge is -2.24. The van der Waals surface area contributed by atoms with Gasteiger partial charge < -0.3 is 19.1 Å². The Balaban J connectivity index is 1.60. The molecule has 0 radical (unpaired) electrons. The highest BCUT2D eigenvalue weighted by Crippen LogP contribution is 2.34. The first-order valence-electron chi connectivity index (χ1n) is 10.9. The third kappa shape index (κ3) is 4.99. The van der Waals surface area contributed by atoms with E-state index in [-0.39, 0.29) is 17.9 Å². The van der Waals surface area contributed by atoms with E-state index >= 15 is 0 Å². The van der Waals surface area contributed by atoms with Crippen LogP contribution in [0.5, 0.6) is 11.6 Å². The number of carbonyl (C=O) groups is 1. The minimum absolute atomic E-state index is 0.131. The fourth-order valence-corrected chi connectivity index (χ4v) is 3.91. The maximum absolute atomic E-state index is 14.8. The van der Waals surface area contributed by atoms with E-state index in [1.54, 1.807) is 30.5 Å². The molecule has 0 spiro atoms. The number of methoxy groups -OCH3 is 1. The number of likely N-dealkylation sites (tertiary alicyclic amines) is 1. The number of halogens is 1. The number of benzene rings is 1. The Morgan fingerprint density at radius 2 is 2.00 bits per heavy atom. The molecule has 1 aromatic carbocycles. The van der Waals surface area contributed by atoms with Gasteiger partial charge in [-0.15, -0.1) is 0 Å². The topological polar surface area (TPSA) is 73.8 Å². The molecule has 1 atom stereocenters. The van der Waals surface area contributed by atoms with Crippen molar-refractivity contribution in [1.82, 2.24) is 14.9 Å². The Hall–Kier alpha value is -3.42. The lowest BCUT2D eigenvalue weighted by Crippen LogP contribution is -2.36. The maximum atomic E-state index is 14.8. The van der Waals surface area contributed by atoms with Gasteiger partial charge in [0.15, 0.2) is 11.6 Å². The van der Waals surface area contributed by atoms with Gasteiger partial charge in [-0.3, -0.25) is 4.98 Å². The van der Waals surface area contributed by atoms with E-state index in [1.807, 2.05) is 39.8 Å². The standard InChI is InChI=1S/C25H28FN3O4/c1-15-10-16(13-28-23(15)31-5)18-6-8-27-21-12-20(26)22(11-19(18)21)32-17-7-9-29(14-17)24(30)33-25(2,3)4/h6,8,10-13,17H,7,9,14H2,1-5H3/t17-/m0/s1. The predicted molar refractivity (Wildman–Crippen MR) is 123 cm³/mol. The first kappa shape index (κ1) is 22.8. The minimum Gasteiger partial charge on any atom is -0.485 e. The fourth-order valence-electron chi connectivity index (χ4n) is 3.91. The lowest BCUT2D eigenvalue weighted by atomic mass is 10.0. The number of hydrogen-bond acceptors (Lipinski definition) is 6. The second kappa shape index (κ2) is 8.84. The summed E-state index contributed by atoms with van der Waals surface area (Å²) < 4.78 is 31.5. The number of nitrogens with zero attached hydrogens (tertiary/aromatic N) is 3. The molecule has 0 saturated carbocycles. The first-order chi connectivity index (χ1) is 15.6. The molecule has 1 amide bonds. The fraction of sp³-hybridized carbons (Fsp3) is 0.400. The van der Waals surface area contributed by atoms with Crippen molar-refractivity contribution in [3.8, 4) is 22.8 Å². The Morgan fingerprint density at radius 3 is 2.70 bits per heavy atom. The number of aryl methyl sites for hydroxylation is 1. The Morgan fingerprint density at radius 1 is 1.21 bits per heavy atom. The number of amides is 1. The van der Waals surface area contributed by atoms with Gasteiger partial charge in [-0.2, -0.15) is 0 Å². The largest absolute Gasteiger partial charge is 0.485 e. The van der Waals surface area contributed by atoms with Gasteiger partial charge in [0.1, 0.15) is 11.7 Å². The summed E-state index contributed by atoms with van der Waals surface area (Å²) in [5, 5.41) is 0.752. The summed E-state index contributed by atoms with van der Waals surface area (Å²) in [5.41, 5.74) is 2.58. The van der Waals surface area contributed by atoms with E-state index in [1.165, 1.54) is 6.07 Å². The summed E-state index contributed by atoms with van der Waals surface area (Å²) in [4.78, 5) is 22.6. The minimum atomic E-state index is -0.571. The van der Waals surface area contributed by atoms with Crippen LogP contribution in [-0.2, 0) is 4.74 Å². The zero-order valence-electron chi connectivity index (χ0n) is 19.5. The molecular formula is C25H28FN3O4. The van der Waals surface area contributed by atoms with Crippen LogP contribution < -0.4 is 9.47 Å². The molecule has 1 fully saturated rings. The van der Waals surface area contributed by atoms with E-state index in [4.69, 9.17) is 14.2 Å². The average molecular weight is 454 g/mol. The van der Waals surface area contributed by atoms with E-state index in [9.17, 15) is 9.18 Å². The summed E-state index contributed by atoms with van der Waals surface area (Å²) in [6.45, 7) is 8.23. The maximum Gasteiger partial charge on any atom is 0.410 e. The van der Waals surface area contributed by atoms with Crippen molar-refractivity contribution in [3.05, 3.63) is 48.0 Å². The summed E-state index contributed by atoms with van der Waals surface area (Å²) in [7, 11) is 1.58. The van der Waals surface area contributed by atoms with Crippen LogP contribution >= 0.6 is 0 Å². The van der Waals surface area contributed by atoms with E-state index in [2.05, 4.69) is 9.97 Å². The smallest absolute Gasteiger partial charge is 0.410 e. The highest BCUT2D eigenvalue weighted by molar-refractivity contribution is 5.95. The molecule has 7 nitrogen and oxygen atoms in total. The van der Waals surface area contributed by atoms with Gasteiger partial charge in [-0.1, -0.05) is 0 Å². The third-order valence-electron chi connectivity index (χ3n) is 5.42. The van der Waals surface area contributed by atoms with Crippen molar-refractivity contribution in [2.75, 3.05) is 20.2 Å². The zero-order chi connectivity index (χ0) is 23.8. The number of carbonyl (C=O) groups excluding carboxylic acids is 1. The van der Waals surface area contributed by atoms with Crippen LogP contribution in [0.15, 0.2) is 36.7 Å². The van der Waals surface area contributed by atoms with Crippen LogP contribution in [0.2, 0.25) is 0 Å². The molecule has 0 unspecified atom stereocenters. The normalized spacial score (nSPS) is 16.2. The molecule has 4 rings (SSSR count). The highest BCUT2D eigenvalue weighted by atomic mass is 19.1. The van der Waals surface area contributed by atoms with Crippen LogP contribution in [0.25, 0.3) is 22.0 Å². The Bertz CT molecular complexity index is 1190. The number of pyridine rings is 2. The number of rotatable bonds is 4. The van der Waals surface area contributed by atoms with Gasteiger partial charge in [-0.25, -0.2) is 14.2 Å². The van der Waals surface area contributed by atoms with Gasteiger partial charge >= 0.3 is 6.09 Å². The molecule has 1 aliphatic heterocycles. The van der Waals surface area contributed by atoms with Gasteiger partial charge in [0.25, 0.3) is 0 Å². The molecule has 1 saturated heterocycles. The molecule has 0 N–H and O–H groups in total. The average Bonchev–Trinajstić information content (AvgIpc) is 3.21. The van der Waals surface area contributed by atoms with E-state index in [0.29, 0.717) is 30.9 Å². The van der Waals surface area contributed by atoms with Gasteiger partial charge in [0, 0.05) is 47.9 Å².